The molecule has 0 amide bonds. The number of carbonyl (C=O) groups excluding carboxylic acids is 1. The van der Waals surface area contributed by atoms with Crippen molar-refractivity contribution < 1.29 is 14.6 Å². The van der Waals surface area contributed by atoms with E-state index in [1.54, 1.807) is 0 Å². The van der Waals surface area contributed by atoms with E-state index in [4.69, 9.17) is 4.74 Å². The van der Waals surface area contributed by atoms with Crippen molar-refractivity contribution in [1.29, 1.82) is 0 Å². The van der Waals surface area contributed by atoms with E-state index < -0.39 is 5.60 Å². The number of fused-ring (bicyclic) bond motifs is 1. The third-order valence-electron chi connectivity index (χ3n) is 7.30. The molecule has 0 saturated heterocycles. The predicted molar refractivity (Wildman–Crippen MR) is 77.0 cm³/mol. The van der Waals surface area contributed by atoms with Crippen LogP contribution < -0.4 is 0 Å². The van der Waals surface area contributed by atoms with E-state index in [9.17, 15) is 9.90 Å². The SMILES string of the molecule is CC(=O)O[C@@H]1C[C@@]2(C)[C@H]3C[C@@H]1C(C)(C)[C@]2(O)CC[C@@H]3C. The van der Waals surface area contributed by atoms with Crippen LogP contribution in [0.3, 0.4) is 0 Å². The Balaban J connectivity index is 2.05. The van der Waals surface area contributed by atoms with E-state index in [2.05, 4.69) is 27.7 Å². The van der Waals surface area contributed by atoms with Crippen molar-refractivity contribution in [1.82, 2.24) is 0 Å². The largest absolute Gasteiger partial charge is 0.462 e. The van der Waals surface area contributed by atoms with Gasteiger partial charge in [0, 0.05) is 23.7 Å². The van der Waals surface area contributed by atoms with Crippen LogP contribution in [-0.2, 0) is 9.53 Å². The standard InChI is InChI=1S/C17H28O3/c1-10-6-7-17(19)15(3,4)13-8-12(10)16(17,5)9-14(13)20-11(2)18/h10,12-14,19H,6-9H2,1-5H3/t10-,12-,13-,14+,16-,17+/m0/s1. The second kappa shape index (κ2) is 4.00. The topological polar surface area (TPSA) is 46.5 Å². The molecule has 4 aliphatic rings. The molecule has 4 fully saturated rings. The highest BCUT2D eigenvalue weighted by atomic mass is 16.5. The number of esters is 1. The minimum absolute atomic E-state index is 0.0191. The molecule has 114 valence electrons. The summed E-state index contributed by atoms with van der Waals surface area (Å²) < 4.78 is 5.62. The summed E-state index contributed by atoms with van der Waals surface area (Å²) in [7, 11) is 0. The zero-order chi connectivity index (χ0) is 14.9. The summed E-state index contributed by atoms with van der Waals surface area (Å²) in [5.74, 6) is 1.32. The first-order valence-corrected chi connectivity index (χ1v) is 8.03. The first-order valence-electron chi connectivity index (χ1n) is 8.03. The fourth-order valence-corrected chi connectivity index (χ4v) is 6.12. The summed E-state index contributed by atoms with van der Waals surface area (Å²) in [6, 6.07) is 0. The Hall–Kier alpha value is -0.570. The van der Waals surface area contributed by atoms with Gasteiger partial charge in [-0.25, -0.2) is 0 Å². The normalized spacial score (nSPS) is 52.7. The fraction of sp³-hybridized carbons (Fsp3) is 0.941. The summed E-state index contributed by atoms with van der Waals surface area (Å²) in [5.41, 5.74) is -0.920. The average molecular weight is 280 g/mol. The number of hydrogen-bond donors (Lipinski definition) is 1. The number of hydrogen-bond acceptors (Lipinski definition) is 3. The Labute approximate surface area is 122 Å². The molecule has 0 unspecified atom stereocenters. The molecule has 3 nitrogen and oxygen atoms in total. The van der Waals surface area contributed by atoms with Crippen LogP contribution in [0, 0.1) is 28.6 Å². The first-order chi connectivity index (χ1) is 9.13. The Kier molecular flexibility index (Phi) is 2.87. The van der Waals surface area contributed by atoms with Gasteiger partial charge in [-0.2, -0.15) is 0 Å². The molecule has 0 aliphatic heterocycles. The van der Waals surface area contributed by atoms with Crippen LogP contribution in [0.2, 0.25) is 0 Å². The van der Waals surface area contributed by atoms with Gasteiger partial charge in [0.2, 0.25) is 0 Å². The van der Waals surface area contributed by atoms with Gasteiger partial charge < -0.3 is 9.84 Å². The van der Waals surface area contributed by atoms with Gasteiger partial charge in [0.1, 0.15) is 6.10 Å². The minimum atomic E-state index is -0.614. The van der Waals surface area contributed by atoms with E-state index in [-0.39, 0.29) is 28.8 Å². The Morgan fingerprint density at radius 3 is 2.50 bits per heavy atom. The molecule has 0 radical (unpaired) electrons. The first kappa shape index (κ1) is 14.4. The van der Waals surface area contributed by atoms with Crippen LogP contribution in [0.1, 0.15) is 60.3 Å². The molecule has 0 aromatic heterocycles. The molecule has 0 aromatic rings. The summed E-state index contributed by atoms with van der Waals surface area (Å²) in [6.45, 7) is 10.4. The van der Waals surface area contributed by atoms with E-state index in [0.717, 1.165) is 25.7 Å². The van der Waals surface area contributed by atoms with E-state index >= 15 is 0 Å². The lowest BCUT2D eigenvalue weighted by molar-refractivity contribution is -0.316. The second-order valence-electron chi connectivity index (χ2n) is 8.32. The molecule has 4 aliphatic carbocycles. The summed E-state index contributed by atoms with van der Waals surface area (Å²) >= 11 is 0. The molecule has 3 heteroatoms. The van der Waals surface area contributed by atoms with Crippen molar-refractivity contribution in [3.63, 3.8) is 0 Å². The summed E-state index contributed by atoms with van der Waals surface area (Å²) in [6.07, 6.45) is 3.90. The van der Waals surface area contributed by atoms with E-state index in [0.29, 0.717) is 11.8 Å². The smallest absolute Gasteiger partial charge is 0.302 e. The van der Waals surface area contributed by atoms with Crippen molar-refractivity contribution in [2.75, 3.05) is 0 Å². The molecular formula is C17H28O3. The van der Waals surface area contributed by atoms with Gasteiger partial charge in [-0.05, 0) is 37.5 Å². The predicted octanol–water partition coefficient (Wildman–Crippen LogP) is 3.15. The van der Waals surface area contributed by atoms with Gasteiger partial charge in [0.15, 0.2) is 0 Å². The maximum Gasteiger partial charge on any atom is 0.302 e. The van der Waals surface area contributed by atoms with Gasteiger partial charge >= 0.3 is 5.97 Å². The van der Waals surface area contributed by atoms with Crippen LogP contribution in [0.4, 0.5) is 0 Å². The van der Waals surface area contributed by atoms with Gasteiger partial charge in [-0.15, -0.1) is 0 Å². The number of carbonyl (C=O) groups is 1. The zero-order valence-corrected chi connectivity index (χ0v) is 13.4. The van der Waals surface area contributed by atoms with Gasteiger partial charge in [-0.1, -0.05) is 27.7 Å². The molecule has 4 rings (SSSR count). The fourth-order valence-electron chi connectivity index (χ4n) is 6.12. The minimum Gasteiger partial charge on any atom is -0.462 e. The maximum atomic E-state index is 11.5. The second-order valence-corrected chi connectivity index (χ2v) is 8.32. The maximum absolute atomic E-state index is 11.5. The number of ether oxygens (including phenoxy) is 1. The Bertz CT molecular complexity index is 444. The van der Waals surface area contributed by atoms with Crippen LogP contribution in [-0.4, -0.2) is 22.8 Å². The van der Waals surface area contributed by atoms with Crippen LogP contribution in [0.15, 0.2) is 0 Å². The lowest BCUT2D eigenvalue weighted by Crippen LogP contribution is -2.74. The molecule has 0 aromatic carbocycles. The van der Waals surface area contributed by atoms with Crippen molar-refractivity contribution in [3.05, 3.63) is 0 Å². The van der Waals surface area contributed by atoms with Crippen molar-refractivity contribution in [2.24, 2.45) is 28.6 Å². The molecule has 1 N–H and O–H groups in total. The van der Waals surface area contributed by atoms with Gasteiger partial charge in [0.05, 0.1) is 5.60 Å². The van der Waals surface area contributed by atoms with Gasteiger partial charge in [0.25, 0.3) is 0 Å². The Morgan fingerprint density at radius 2 is 1.90 bits per heavy atom. The quantitative estimate of drug-likeness (QED) is 0.751. The lowest BCUT2D eigenvalue weighted by Gasteiger charge is -2.72. The highest BCUT2D eigenvalue weighted by Crippen LogP contribution is 2.71. The summed E-state index contributed by atoms with van der Waals surface area (Å²) in [4.78, 5) is 11.4. The molecule has 4 bridgehead atoms. The summed E-state index contributed by atoms with van der Waals surface area (Å²) in [5, 5.41) is 11.5. The molecular weight excluding hydrogens is 252 g/mol. The van der Waals surface area contributed by atoms with Crippen molar-refractivity contribution >= 4 is 5.97 Å². The molecule has 4 saturated carbocycles. The van der Waals surface area contributed by atoms with E-state index in [1.807, 2.05) is 0 Å². The highest BCUT2D eigenvalue weighted by Gasteiger charge is 2.72. The van der Waals surface area contributed by atoms with Crippen molar-refractivity contribution in [2.45, 2.75) is 72.0 Å². The molecule has 6 atom stereocenters. The zero-order valence-electron chi connectivity index (χ0n) is 13.4. The van der Waals surface area contributed by atoms with Crippen LogP contribution in [0.25, 0.3) is 0 Å². The molecule has 0 heterocycles. The molecule has 20 heavy (non-hydrogen) atoms. The number of rotatable bonds is 1. The van der Waals surface area contributed by atoms with Gasteiger partial charge in [-0.3, -0.25) is 4.79 Å². The number of aliphatic hydroxyl groups is 1. The highest BCUT2D eigenvalue weighted by molar-refractivity contribution is 5.66. The van der Waals surface area contributed by atoms with E-state index in [1.165, 1.54) is 6.92 Å². The average Bonchev–Trinajstić information content (AvgIpc) is 2.31. The third kappa shape index (κ3) is 1.48. The Morgan fingerprint density at radius 1 is 1.25 bits per heavy atom. The lowest BCUT2D eigenvalue weighted by atomic mass is 9.35. The molecule has 0 spiro atoms. The van der Waals surface area contributed by atoms with Crippen LogP contribution >= 0.6 is 0 Å². The van der Waals surface area contributed by atoms with Crippen molar-refractivity contribution in [3.8, 4) is 0 Å². The third-order valence-corrected chi connectivity index (χ3v) is 7.30. The van der Waals surface area contributed by atoms with Crippen LogP contribution in [0.5, 0.6) is 0 Å². The monoisotopic (exact) mass is 280 g/mol.